The van der Waals surface area contributed by atoms with Gasteiger partial charge in [-0.1, -0.05) is 61.0 Å². The van der Waals surface area contributed by atoms with Gasteiger partial charge in [-0.3, -0.25) is 4.79 Å². The largest absolute Gasteiger partial charge is 0.345 e. The van der Waals surface area contributed by atoms with E-state index in [0.29, 0.717) is 13.0 Å². The highest BCUT2D eigenvalue weighted by atomic mass is 35.5. The lowest BCUT2D eigenvalue weighted by Crippen LogP contribution is -2.32. The van der Waals surface area contributed by atoms with Crippen molar-refractivity contribution in [2.45, 2.75) is 39.3 Å². The van der Waals surface area contributed by atoms with Crippen LogP contribution in [0.25, 0.3) is 0 Å². The van der Waals surface area contributed by atoms with Crippen molar-refractivity contribution in [3.63, 3.8) is 0 Å². The molecule has 0 aliphatic rings. The van der Waals surface area contributed by atoms with Crippen LogP contribution in [0.5, 0.6) is 0 Å². The summed E-state index contributed by atoms with van der Waals surface area (Å²) in [4.78, 5) is 14.8. The predicted molar refractivity (Wildman–Crippen MR) is 115 cm³/mol. The van der Waals surface area contributed by atoms with Crippen LogP contribution in [-0.4, -0.2) is 21.9 Å². The average Bonchev–Trinajstić information content (AvgIpc) is 3.13. The zero-order valence-electron chi connectivity index (χ0n) is 16.4. The second kappa shape index (κ2) is 10.1. The van der Waals surface area contributed by atoms with Crippen LogP contribution in [0.3, 0.4) is 0 Å². The summed E-state index contributed by atoms with van der Waals surface area (Å²) < 4.78 is 2.19. The second-order valence-corrected chi connectivity index (χ2v) is 7.49. The molecule has 0 radical (unpaired) electrons. The highest BCUT2D eigenvalue weighted by molar-refractivity contribution is 6.30. The summed E-state index contributed by atoms with van der Waals surface area (Å²) >= 11 is 6.12. The number of carbonyl (C=O) groups excluding carboxylic acids is 1. The van der Waals surface area contributed by atoms with Crippen molar-refractivity contribution in [3.05, 3.63) is 94.8 Å². The summed E-state index contributed by atoms with van der Waals surface area (Å²) in [7, 11) is 0. The number of amides is 1. The monoisotopic (exact) mass is 394 g/mol. The molecule has 28 heavy (non-hydrogen) atoms. The maximum Gasteiger partial charge on any atom is 0.223 e. The summed E-state index contributed by atoms with van der Waals surface area (Å²) in [6.45, 7) is 4.27. The van der Waals surface area contributed by atoms with Crippen molar-refractivity contribution in [1.29, 1.82) is 0 Å². The first-order chi connectivity index (χ1) is 13.7. The molecule has 0 atom stereocenters. The molecule has 0 unspecified atom stereocenters. The van der Waals surface area contributed by atoms with E-state index in [1.54, 1.807) is 0 Å². The highest BCUT2D eigenvalue weighted by Crippen LogP contribution is 2.15. The number of carbonyl (C=O) groups is 1. The zero-order chi connectivity index (χ0) is 19.8. The number of benzene rings is 2. The van der Waals surface area contributed by atoms with Gasteiger partial charge in [-0.2, -0.15) is 0 Å². The molecule has 0 saturated heterocycles. The van der Waals surface area contributed by atoms with E-state index in [1.165, 1.54) is 5.56 Å². The Morgan fingerprint density at radius 2 is 1.79 bits per heavy atom. The molecule has 1 heterocycles. The van der Waals surface area contributed by atoms with Gasteiger partial charge < -0.3 is 9.47 Å². The summed E-state index contributed by atoms with van der Waals surface area (Å²) in [6, 6.07) is 22.2. The summed E-state index contributed by atoms with van der Waals surface area (Å²) in [5, 5.41) is 0.745. The summed E-state index contributed by atoms with van der Waals surface area (Å²) in [5.74, 6) is 0.209. The standard InChI is InChI=1S/C24H27ClN2O/c1-2-15-27(24(28)14-13-20-8-4-3-5-9-20)19-23-12-7-16-26(23)18-21-10-6-11-22(25)17-21/h3-12,16-17H,2,13-15,18-19H2,1H3. The van der Waals surface area contributed by atoms with E-state index in [9.17, 15) is 4.79 Å². The van der Waals surface area contributed by atoms with Crippen LogP contribution in [0.15, 0.2) is 72.9 Å². The van der Waals surface area contributed by atoms with Crippen molar-refractivity contribution in [3.8, 4) is 0 Å². The molecule has 0 bridgehead atoms. The van der Waals surface area contributed by atoms with Gasteiger partial charge in [0, 0.05) is 36.4 Å². The molecule has 2 aromatic carbocycles. The third-order valence-electron chi connectivity index (χ3n) is 4.83. The zero-order valence-corrected chi connectivity index (χ0v) is 17.1. The minimum absolute atomic E-state index is 0.209. The lowest BCUT2D eigenvalue weighted by atomic mass is 10.1. The number of aryl methyl sites for hydroxylation is 1. The quantitative estimate of drug-likeness (QED) is 0.466. The van der Waals surface area contributed by atoms with Gasteiger partial charge in [0.2, 0.25) is 5.91 Å². The number of hydrogen-bond acceptors (Lipinski definition) is 1. The van der Waals surface area contributed by atoms with Crippen molar-refractivity contribution >= 4 is 17.5 Å². The van der Waals surface area contributed by atoms with Gasteiger partial charge >= 0.3 is 0 Å². The fraction of sp³-hybridized carbons (Fsp3) is 0.292. The van der Waals surface area contributed by atoms with Gasteiger partial charge in [-0.25, -0.2) is 0 Å². The normalized spacial score (nSPS) is 10.8. The van der Waals surface area contributed by atoms with Crippen LogP contribution in [0.2, 0.25) is 5.02 Å². The number of nitrogens with zero attached hydrogens (tertiary/aromatic N) is 2. The van der Waals surface area contributed by atoms with Crippen molar-refractivity contribution in [2.75, 3.05) is 6.54 Å². The maximum absolute atomic E-state index is 12.8. The smallest absolute Gasteiger partial charge is 0.223 e. The third kappa shape index (κ3) is 5.74. The van der Waals surface area contributed by atoms with Crippen LogP contribution in [0.4, 0.5) is 0 Å². The minimum Gasteiger partial charge on any atom is -0.345 e. The Labute approximate surface area is 172 Å². The fourth-order valence-electron chi connectivity index (χ4n) is 3.39. The molecular weight excluding hydrogens is 368 g/mol. The SMILES string of the molecule is CCCN(Cc1cccn1Cc1cccc(Cl)c1)C(=O)CCc1ccccc1. The first kappa shape index (κ1) is 20.2. The first-order valence-corrected chi connectivity index (χ1v) is 10.2. The number of rotatable bonds is 9. The van der Waals surface area contributed by atoms with Crippen LogP contribution in [0, 0.1) is 0 Å². The van der Waals surface area contributed by atoms with Crippen molar-refractivity contribution in [2.24, 2.45) is 0 Å². The van der Waals surface area contributed by atoms with Crippen molar-refractivity contribution < 1.29 is 4.79 Å². The van der Waals surface area contributed by atoms with Gasteiger partial charge in [0.1, 0.15) is 0 Å². The molecule has 3 aromatic rings. The molecule has 0 spiro atoms. The molecule has 0 fully saturated rings. The Kier molecular flexibility index (Phi) is 7.32. The molecule has 4 heteroatoms. The molecule has 0 aliphatic carbocycles. The average molecular weight is 395 g/mol. The second-order valence-electron chi connectivity index (χ2n) is 7.06. The van der Waals surface area contributed by atoms with Gasteiger partial charge in [0.05, 0.1) is 6.54 Å². The lowest BCUT2D eigenvalue weighted by Gasteiger charge is -2.23. The minimum atomic E-state index is 0.209. The first-order valence-electron chi connectivity index (χ1n) is 9.86. The van der Waals surface area contributed by atoms with E-state index >= 15 is 0 Å². The molecule has 1 amide bonds. The molecule has 3 nitrogen and oxygen atoms in total. The van der Waals surface area contributed by atoms with E-state index in [1.807, 2.05) is 47.4 Å². The third-order valence-corrected chi connectivity index (χ3v) is 5.07. The Bertz CT molecular complexity index is 888. The molecule has 0 aliphatic heterocycles. The molecule has 0 N–H and O–H groups in total. The Balaban J connectivity index is 1.65. The van der Waals surface area contributed by atoms with Gasteiger partial charge in [0.25, 0.3) is 0 Å². The van der Waals surface area contributed by atoms with Crippen LogP contribution in [-0.2, 0) is 24.3 Å². The molecular formula is C24H27ClN2O. The predicted octanol–water partition coefficient (Wildman–Crippen LogP) is 5.56. The topological polar surface area (TPSA) is 25.2 Å². The fourth-order valence-corrected chi connectivity index (χ4v) is 3.60. The van der Waals surface area contributed by atoms with E-state index in [0.717, 1.165) is 42.2 Å². The lowest BCUT2D eigenvalue weighted by molar-refractivity contribution is -0.131. The van der Waals surface area contributed by atoms with Crippen LogP contribution >= 0.6 is 11.6 Å². The Morgan fingerprint density at radius 1 is 1.00 bits per heavy atom. The van der Waals surface area contributed by atoms with Crippen molar-refractivity contribution in [1.82, 2.24) is 9.47 Å². The van der Waals surface area contributed by atoms with Gasteiger partial charge in [0.15, 0.2) is 0 Å². The van der Waals surface area contributed by atoms with E-state index in [2.05, 4.69) is 42.0 Å². The molecule has 1 aromatic heterocycles. The number of hydrogen-bond donors (Lipinski definition) is 0. The van der Waals surface area contributed by atoms with Crippen LogP contribution < -0.4 is 0 Å². The van der Waals surface area contributed by atoms with E-state index < -0.39 is 0 Å². The number of aromatic nitrogens is 1. The van der Waals surface area contributed by atoms with E-state index in [-0.39, 0.29) is 5.91 Å². The Hall–Kier alpha value is -2.52. The maximum atomic E-state index is 12.8. The highest BCUT2D eigenvalue weighted by Gasteiger charge is 2.15. The van der Waals surface area contributed by atoms with E-state index in [4.69, 9.17) is 11.6 Å². The number of halogens is 1. The van der Waals surface area contributed by atoms with Gasteiger partial charge in [-0.15, -0.1) is 0 Å². The molecule has 146 valence electrons. The summed E-state index contributed by atoms with van der Waals surface area (Å²) in [6.07, 6.45) is 4.34. The summed E-state index contributed by atoms with van der Waals surface area (Å²) in [5.41, 5.74) is 3.50. The molecule has 0 saturated carbocycles. The molecule has 3 rings (SSSR count). The Morgan fingerprint density at radius 3 is 2.54 bits per heavy atom. The van der Waals surface area contributed by atoms with Crippen LogP contribution in [0.1, 0.15) is 36.6 Å². The van der Waals surface area contributed by atoms with Gasteiger partial charge in [-0.05, 0) is 48.2 Å².